The lowest BCUT2D eigenvalue weighted by molar-refractivity contribution is 0.251. The SMILES string of the molecule is CC(C)c1ccc(NC(=O)NCc2n[nH]c(=S)n2C)cc1. The van der Waals surface area contributed by atoms with Crippen molar-refractivity contribution in [3.05, 3.63) is 40.4 Å². The van der Waals surface area contributed by atoms with Crippen molar-refractivity contribution in [1.29, 1.82) is 0 Å². The van der Waals surface area contributed by atoms with Gasteiger partial charge in [0.2, 0.25) is 0 Å². The predicted octanol–water partition coefficient (Wildman–Crippen LogP) is 2.92. The minimum atomic E-state index is -0.277. The molecule has 0 saturated carbocycles. The minimum absolute atomic E-state index is 0.277. The molecule has 0 atom stereocenters. The average molecular weight is 305 g/mol. The molecule has 0 aliphatic rings. The highest BCUT2D eigenvalue weighted by atomic mass is 32.1. The van der Waals surface area contributed by atoms with Gasteiger partial charge < -0.3 is 15.2 Å². The molecule has 1 aromatic heterocycles. The summed E-state index contributed by atoms with van der Waals surface area (Å²) in [6.07, 6.45) is 0. The highest BCUT2D eigenvalue weighted by molar-refractivity contribution is 7.71. The third-order valence-electron chi connectivity index (χ3n) is 3.21. The van der Waals surface area contributed by atoms with Crippen LogP contribution >= 0.6 is 12.2 Å². The lowest BCUT2D eigenvalue weighted by Gasteiger charge is -2.09. The molecular formula is C14H19N5OS. The second-order valence-corrected chi connectivity index (χ2v) is 5.48. The number of nitrogens with one attached hydrogen (secondary N) is 3. The maximum atomic E-state index is 11.8. The first kappa shape index (κ1) is 15.2. The fourth-order valence-corrected chi connectivity index (χ4v) is 1.97. The maximum absolute atomic E-state index is 11.8. The Morgan fingerprint density at radius 3 is 2.57 bits per heavy atom. The van der Waals surface area contributed by atoms with Gasteiger partial charge in [0.05, 0.1) is 6.54 Å². The van der Waals surface area contributed by atoms with E-state index < -0.39 is 0 Å². The van der Waals surface area contributed by atoms with Gasteiger partial charge in [-0.2, -0.15) is 5.10 Å². The number of aromatic amines is 1. The molecule has 0 spiro atoms. The monoisotopic (exact) mass is 305 g/mol. The van der Waals surface area contributed by atoms with Crippen LogP contribution in [0, 0.1) is 4.77 Å². The molecule has 6 nitrogen and oxygen atoms in total. The number of rotatable bonds is 4. The van der Waals surface area contributed by atoms with Crippen molar-refractivity contribution >= 4 is 23.9 Å². The minimum Gasteiger partial charge on any atom is -0.331 e. The van der Waals surface area contributed by atoms with Gasteiger partial charge in [0.15, 0.2) is 10.6 Å². The maximum Gasteiger partial charge on any atom is 0.319 e. The predicted molar refractivity (Wildman–Crippen MR) is 84.8 cm³/mol. The van der Waals surface area contributed by atoms with Crippen molar-refractivity contribution in [1.82, 2.24) is 20.1 Å². The quantitative estimate of drug-likeness (QED) is 0.760. The second-order valence-electron chi connectivity index (χ2n) is 5.09. The molecule has 0 aliphatic heterocycles. The van der Waals surface area contributed by atoms with E-state index in [1.165, 1.54) is 5.56 Å². The molecule has 0 aliphatic carbocycles. The first-order valence-corrected chi connectivity index (χ1v) is 7.13. The molecule has 1 heterocycles. The van der Waals surface area contributed by atoms with E-state index in [9.17, 15) is 4.79 Å². The zero-order chi connectivity index (χ0) is 15.4. The molecule has 2 amide bonds. The zero-order valence-electron chi connectivity index (χ0n) is 12.3. The first-order valence-electron chi connectivity index (χ1n) is 6.72. The Kier molecular flexibility index (Phi) is 4.74. The largest absolute Gasteiger partial charge is 0.331 e. The van der Waals surface area contributed by atoms with Gasteiger partial charge in [0.25, 0.3) is 0 Å². The summed E-state index contributed by atoms with van der Waals surface area (Å²) < 4.78 is 2.24. The van der Waals surface area contributed by atoms with Crippen LogP contribution in [-0.4, -0.2) is 20.8 Å². The molecule has 1 aromatic carbocycles. The van der Waals surface area contributed by atoms with E-state index in [0.717, 1.165) is 5.69 Å². The van der Waals surface area contributed by atoms with Gasteiger partial charge in [-0.15, -0.1) is 0 Å². The summed E-state index contributed by atoms with van der Waals surface area (Å²) in [5.74, 6) is 1.14. The van der Waals surface area contributed by atoms with Crippen LogP contribution in [-0.2, 0) is 13.6 Å². The summed E-state index contributed by atoms with van der Waals surface area (Å²) in [5.41, 5.74) is 2.00. The molecule has 0 saturated heterocycles. The molecule has 0 unspecified atom stereocenters. The van der Waals surface area contributed by atoms with Crippen molar-refractivity contribution in [3.63, 3.8) is 0 Å². The van der Waals surface area contributed by atoms with Crippen LogP contribution in [0.2, 0.25) is 0 Å². The number of urea groups is 1. The summed E-state index contributed by atoms with van der Waals surface area (Å²) in [5, 5.41) is 12.2. The Morgan fingerprint density at radius 1 is 1.38 bits per heavy atom. The van der Waals surface area contributed by atoms with Crippen molar-refractivity contribution in [3.8, 4) is 0 Å². The van der Waals surface area contributed by atoms with Crippen molar-refractivity contribution in [2.45, 2.75) is 26.3 Å². The van der Waals surface area contributed by atoms with Gasteiger partial charge in [-0.25, -0.2) is 4.79 Å². The Morgan fingerprint density at radius 2 is 2.05 bits per heavy atom. The van der Waals surface area contributed by atoms with Crippen LogP contribution in [0.1, 0.15) is 31.2 Å². The van der Waals surface area contributed by atoms with Crippen LogP contribution in [0.25, 0.3) is 0 Å². The third kappa shape index (κ3) is 3.91. The molecule has 7 heteroatoms. The van der Waals surface area contributed by atoms with E-state index in [0.29, 0.717) is 23.1 Å². The Hall–Kier alpha value is -2.15. The summed E-state index contributed by atoms with van der Waals surface area (Å²) >= 11 is 5.01. The van der Waals surface area contributed by atoms with Gasteiger partial charge >= 0.3 is 6.03 Å². The Balaban J connectivity index is 1.90. The molecule has 2 rings (SSSR count). The number of carbonyl (C=O) groups is 1. The van der Waals surface area contributed by atoms with Crippen LogP contribution in [0.4, 0.5) is 10.5 Å². The van der Waals surface area contributed by atoms with E-state index in [4.69, 9.17) is 12.2 Å². The van der Waals surface area contributed by atoms with Gasteiger partial charge in [-0.1, -0.05) is 26.0 Å². The highest BCUT2D eigenvalue weighted by Gasteiger charge is 2.06. The van der Waals surface area contributed by atoms with E-state index >= 15 is 0 Å². The fourth-order valence-electron chi connectivity index (χ4n) is 1.82. The van der Waals surface area contributed by atoms with E-state index in [1.807, 2.05) is 24.3 Å². The normalized spacial score (nSPS) is 10.7. The molecule has 0 radical (unpaired) electrons. The number of carbonyl (C=O) groups excluding carboxylic acids is 1. The first-order chi connectivity index (χ1) is 9.97. The van der Waals surface area contributed by atoms with Crippen molar-refractivity contribution in [2.75, 3.05) is 5.32 Å². The second kappa shape index (κ2) is 6.53. The van der Waals surface area contributed by atoms with Crippen LogP contribution in [0.5, 0.6) is 0 Å². The highest BCUT2D eigenvalue weighted by Crippen LogP contribution is 2.16. The zero-order valence-corrected chi connectivity index (χ0v) is 13.1. The number of hydrogen-bond donors (Lipinski definition) is 3. The van der Waals surface area contributed by atoms with E-state index in [-0.39, 0.29) is 6.03 Å². The molecule has 2 aromatic rings. The average Bonchev–Trinajstić information content (AvgIpc) is 2.77. The number of amides is 2. The molecule has 3 N–H and O–H groups in total. The fraction of sp³-hybridized carbons (Fsp3) is 0.357. The van der Waals surface area contributed by atoms with Gasteiger partial charge in [-0.3, -0.25) is 5.10 Å². The van der Waals surface area contributed by atoms with Crippen LogP contribution in [0.3, 0.4) is 0 Å². The lowest BCUT2D eigenvalue weighted by atomic mass is 10.0. The number of H-pyrrole nitrogens is 1. The summed E-state index contributed by atoms with van der Waals surface area (Å²) in [6, 6.07) is 7.53. The van der Waals surface area contributed by atoms with Crippen LogP contribution < -0.4 is 10.6 Å². The van der Waals surface area contributed by atoms with Gasteiger partial charge in [0, 0.05) is 12.7 Å². The summed E-state index contributed by atoms with van der Waals surface area (Å²) in [6.45, 7) is 4.57. The number of nitrogens with zero attached hydrogens (tertiary/aromatic N) is 2. The smallest absolute Gasteiger partial charge is 0.319 e. The van der Waals surface area contributed by atoms with E-state index in [1.54, 1.807) is 11.6 Å². The molecule has 21 heavy (non-hydrogen) atoms. The number of anilines is 1. The standard InChI is InChI=1S/C14H19N5OS/c1-9(2)10-4-6-11(7-5-10)16-13(20)15-8-12-17-18-14(21)19(12)3/h4-7,9H,8H2,1-3H3,(H,18,21)(H2,15,16,20). The van der Waals surface area contributed by atoms with Crippen molar-refractivity contribution < 1.29 is 4.79 Å². The number of benzene rings is 1. The summed E-state index contributed by atoms with van der Waals surface area (Å²) in [4.78, 5) is 11.8. The number of aromatic nitrogens is 3. The molecular weight excluding hydrogens is 286 g/mol. The molecule has 0 fully saturated rings. The third-order valence-corrected chi connectivity index (χ3v) is 3.58. The molecule has 0 bridgehead atoms. The van der Waals surface area contributed by atoms with Gasteiger partial charge in [-0.05, 0) is 35.8 Å². The summed E-state index contributed by atoms with van der Waals surface area (Å²) in [7, 11) is 1.80. The van der Waals surface area contributed by atoms with Crippen molar-refractivity contribution in [2.24, 2.45) is 7.05 Å². The van der Waals surface area contributed by atoms with Gasteiger partial charge in [0.1, 0.15) is 0 Å². The number of hydrogen-bond acceptors (Lipinski definition) is 3. The van der Waals surface area contributed by atoms with E-state index in [2.05, 4.69) is 34.7 Å². The Labute approximate surface area is 128 Å². The topological polar surface area (TPSA) is 74.7 Å². The lowest BCUT2D eigenvalue weighted by Crippen LogP contribution is -2.29. The Bertz CT molecular complexity index is 671. The van der Waals surface area contributed by atoms with Crippen LogP contribution in [0.15, 0.2) is 24.3 Å². The molecule has 112 valence electrons.